The fourth-order valence-corrected chi connectivity index (χ4v) is 5.13. The first kappa shape index (κ1) is 17.7. The Morgan fingerprint density at radius 3 is 2.35 bits per heavy atom. The summed E-state index contributed by atoms with van der Waals surface area (Å²) in [5.74, 6) is -0.448. The van der Waals surface area contributed by atoms with Gasteiger partial charge in [-0.25, -0.2) is 8.42 Å². The molecule has 1 aliphatic rings. The number of pyridine rings is 1. The van der Waals surface area contributed by atoms with Crippen LogP contribution < -0.4 is 0 Å². The number of amides is 1. The topological polar surface area (TPSA) is 67.3 Å². The number of hydrogen-bond donors (Lipinski definition) is 0. The van der Waals surface area contributed by atoms with E-state index in [4.69, 9.17) is 11.6 Å². The Bertz CT molecular complexity index is 810. The van der Waals surface area contributed by atoms with Gasteiger partial charge >= 0.3 is 0 Å². The largest absolute Gasteiger partial charge is 0.323 e. The summed E-state index contributed by atoms with van der Waals surface area (Å²) in [5, 5.41) is -1.74. The molecule has 1 fully saturated rings. The molecule has 0 aliphatic carbocycles. The molecular weight excluding hydrogens is 359 g/mol. The predicted molar refractivity (Wildman–Crippen MR) is 90.1 cm³/mol. The molecule has 3 rings (SSSR count). The minimum atomic E-state index is -3.75. The van der Waals surface area contributed by atoms with Gasteiger partial charge in [0.15, 0.2) is 20.5 Å². The van der Waals surface area contributed by atoms with Gasteiger partial charge in [0.05, 0.1) is 0 Å². The van der Waals surface area contributed by atoms with E-state index in [1.165, 1.54) is 18.1 Å². The average molecular weight is 373 g/mol. The Balaban J connectivity index is 0.00000192. The fourth-order valence-electron chi connectivity index (χ4n) is 2.70. The van der Waals surface area contributed by atoms with E-state index in [1.54, 1.807) is 42.6 Å². The summed E-state index contributed by atoms with van der Waals surface area (Å²) >= 11 is 5.83. The van der Waals surface area contributed by atoms with Crippen molar-refractivity contribution in [2.45, 2.75) is 10.6 Å². The van der Waals surface area contributed by atoms with E-state index in [-0.39, 0.29) is 12.4 Å². The van der Waals surface area contributed by atoms with Crippen LogP contribution in [0.4, 0.5) is 0 Å². The Hall–Kier alpha value is -1.63. The van der Waals surface area contributed by atoms with Gasteiger partial charge in [-0.1, -0.05) is 29.8 Å². The first-order valence-electron chi connectivity index (χ1n) is 6.57. The number of likely N-dealkylation sites (N-methyl/N-ethyl adjacent to an activating group) is 1. The Labute approximate surface area is 145 Å². The lowest BCUT2D eigenvalue weighted by Crippen LogP contribution is -2.24. The van der Waals surface area contributed by atoms with E-state index in [2.05, 4.69) is 4.98 Å². The van der Waals surface area contributed by atoms with Gasteiger partial charge in [0.2, 0.25) is 5.91 Å². The molecule has 2 atom stereocenters. The first-order valence-corrected chi connectivity index (χ1v) is 8.56. The maximum absolute atomic E-state index is 12.9. The molecule has 0 radical (unpaired) electrons. The highest BCUT2D eigenvalue weighted by Gasteiger charge is 2.52. The van der Waals surface area contributed by atoms with Crippen LogP contribution in [-0.4, -0.2) is 31.3 Å². The van der Waals surface area contributed by atoms with E-state index >= 15 is 0 Å². The lowest BCUT2D eigenvalue weighted by atomic mass is 10.1. The lowest BCUT2D eigenvalue weighted by Gasteiger charge is -2.17. The molecule has 0 bridgehead atoms. The summed E-state index contributed by atoms with van der Waals surface area (Å²) in [6.45, 7) is 0. The molecule has 1 aromatic heterocycles. The van der Waals surface area contributed by atoms with Gasteiger partial charge in [0.25, 0.3) is 0 Å². The second kappa shape index (κ2) is 6.47. The van der Waals surface area contributed by atoms with Crippen molar-refractivity contribution in [2.75, 3.05) is 7.05 Å². The summed E-state index contributed by atoms with van der Waals surface area (Å²) in [7, 11) is -2.26. The maximum Gasteiger partial charge on any atom is 0.246 e. The Kier molecular flexibility index (Phi) is 4.98. The number of hydrogen-bond acceptors (Lipinski definition) is 4. The number of halogens is 2. The van der Waals surface area contributed by atoms with Gasteiger partial charge in [-0.05, 0) is 23.8 Å². The fraction of sp³-hybridized carbons (Fsp3) is 0.200. The van der Waals surface area contributed by atoms with Crippen LogP contribution in [0.5, 0.6) is 0 Å². The first-order chi connectivity index (χ1) is 10.4. The lowest BCUT2D eigenvalue weighted by molar-refractivity contribution is -0.128. The SMILES string of the molecule is CN1C(=O)C(c2ccc(Cl)cc2)S(=O)(=O)C1c1cccnc1.Cl. The van der Waals surface area contributed by atoms with Gasteiger partial charge in [-0.2, -0.15) is 0 Å². The molecule has 1 aromatic carbocycles. The number of benzene rings is 1. The van der Waals surface area contributed by atoms with Gasteiger partial charge in [0.1, 0.15) is 0 Å². The summed E-state index contributed by atoms with van der Waals surface area (Å²) in [6.07, 6.45) is 3.03. The van der Waals surface area contributed by atoms with Gasteiger partial charge in [0, 0.05) is 30.0 Å². The van der Waals surface area contributed by atoms with E-state index in [1.807, 2.05) is 0 Å². The van der Waals surface area contributed by atoms with Crippen molar-refractivity contribution in [1.29, 1.82) is 0 Å². The molecule has 1 aliphatic heterocycles. The Morgan fingerprint density at radius 2 is 1.78 bits per heavy atom. The van der Waals surface area contributed by atoms with Crippen LogP contribution in [-0.2, 0) is 14.6 Å². The van der Waals surface area contributed by atoms with E-state index in [0.717, 1.165) is 0 Å². The molecule has 0 saturated carbocycles. The van der Waals surface area contributed by atoms with E-state index < -0.39 is 26.4 Å². The molecule has 0 spiro atoms. The molecule has 5 nitrogen and oxygen atoms in total. The molecule has 2 heterocycles. The van der Waals surface area contributed by atoms with Gasteiger partial charge in [-0.3, -0.25) is 9.78 Å². The third-order valence-corrected chi connectivity index (χ3v) is 6.30. The standard InChI is InChI=1S/C15H13ClN2O3S.ClH/c1-18-14(19)13(10-4-6-12(16)7-5-10)22(20,21)15(18)11-3-2-8-17-9-11;/h2-9,13,15H,1H3;1H. The van der Waals surface area contributed by atoms with Crippen LogP contribution in [0.25, 0.3) is 0 Å². The summed E-state index contributed by atoms with van der Waals surface area (Å²) in [4.78, 5) is 17.7. The molecule has 0 N–H and O–H groups in total. The van der Waals surface area contributed by atoms with Crippen molar-refractivity contribution >= 4 is 39.8 Å². The van der Waals surface area contributed by atoms with Crippen LogP contribution in [0, 0.1) is 0 Å². The van der Waals surface area contributed by atoms with Gasteiger partial charge in [-0.15, -0.1) is 12.4 Å². The van der Waals surface area contributed by atoms with Crippen molar-refractivity contribution < 1.29 is 13.2 Å². The highest BCUT2D eigenvalue weighted by atomic mass is 35.5. The molecule has 1 saturated heterocycles. The normalized spacial score (nSPS) is 22.7. The second-order valence-corrected chi connectivity index (χ2v) is 7.64. The molecule has 2 aromatic rings. The van der Waals surface area contributed by atoms with Crippen molar-refractivity contribution in [3.05, 3.63) is 64.9 Å². The summed E-state index contributed by atoms with van der Waals surface area (Å²) < 4.78 is 25.8. The number of aromatic nitrogens is 1. The average Bonchev–Trinajstić information content (AvgIpc) is 2.67. The number of carbonyl (C=O) groups excluding carboxylic acids is 1. The predicted octanol–water partition coefficient (Wildman–Crippen LogP) is 2.78. The van der Waals surface area contributed by atoms with Crippen LogP contribution in [0.2, 0.25) is 5.02 Å². The van der Waals surface area contributed by atoms with Gasteiger partial charge < -0.3 is 4.90 Å². The number of nitrogens with zero attached hydrogens (tertiary/aromatic N) is 2. The van der Waals surface area contributed by atoms with Crippen LogP contribution >= 0.6 is 24.0 Å². The van der Waals surface area contributed by atoms with Crippen molar-refractivity contribution in [1.82, 2.24) is 9.88 Å². The zero-order chi connectivity index (χ0) is 15.9. The highest BCUT2D eigenvalue weighted by molar-refractivity contribution is 7.93. The molecule has 2 unspecified atom stereocenters. The molecule has 23 heavy (non-hydrogen) atoms. The molecule has 1 amide bonds. The monoisotopic (exact) mass is 372 g/mol. The number of rotatable bonds is 2. The molecule has 8 heteroatoms. The van der Waals surface area contributed by atoms with Crippen molar-refractivity contribution in [3.63, 3.8) is 0 Å². The van der Waals surface area contributed by atoms with Crippen LogP contribution in [0.3, 0.4) is 0 Å². The highest BCUT2D eigenvalue weighted by Crippen LogP contribution is 2.43. The zero-order valence-corrected chi connectivity index (χ0v) is 14.5. The number of carbonyl (C=O) groups is 1. The second-order valence-electron chi connectivity index (χ2n) is 5.11. The van der Waals surface area contributed by atoms with Crippen molar-refractivity contribution in [2.24, 2.45) is 0 Å². The van der Waals surface area contributed by atoms with Crippen LogP contribution in [0.15, 0.2) is 48.8 Å². The molecule has 122 valence electrons. The summed E-state index contributed by atoms with van der Waals surface area (Å²) in [6, 6.07) is 9.61. The molecular formula is C15H14Cl2N2O3S. The van der Waals surface area contributed by atoms with Crippen LogP contribution in [0.1, 0.15) is 21.8 Å². The maximum atomic E-state index is 12.9. The third-order valence-electron chi connectivity index (χ3n) is 3.71. The number of sulfone groups is 1. The van der Waals surface area contributed by atoms with E-state index in [9.17, 15) is 13.2 Å². The smallest absolute Gasteiger partial charge is 0.246 e. The Morgan fingerprint density at radius 1 is 1.13 bits per heavy atom. The van der Waals surface area contributed by atoms with Crippen molar-refractivity contribution in [3.8, 4) is 0 Å². The zero-order valence-electron chi connectivity index (χ0n) is 12.1. The minimum absolute atomic E-state index is 0. The summed E-state index contributed by atoms with van der Waals surface area (Å²) in [5.41, 5.74) is 0.905. The quantitative estimate of drug-likeness (QED) is 0.812. The van der Waals surface area contributed by atoms with E-state index in [0.29, 0.717) is 16.1 Å². The minimum Gasteiger partial charge on any atom is -0.323 e. The third kappa shape index (κ3) is 2.94.